The zero-order chi connectivity index (χ0) is 18.9. The van der Waals surface area contributed by atoms with Crippen LogP contribution in [0.1, 0.15) is 62.8 Å². The number of hydrogen-bond donors (Lipinski definition) is 1. The van der Waals surface area contributed by atoms with E-state index in [0.29, 0.717) is 18.0 Å². The number of ether oxygens (including phenoxy) is 1. The van der Waals surface area contributed by atoms with Gasteiger partial charge in [-0.25, -0.2) is 4.98 Å². The minimum atomic E-state index is -0.175. The van der Waals surface area contributed by atoms with Gasteiger partial charge in [0.1, 0.15) is 17.5 Å². The molecule has 2 N–H and O–H groups in total. The topological polar surface area (TPSA) is 89.8 Å². The molecule has 0 amide bonds. The highest BCUT2D eigenvalue weighted by molar-refractivity contribution is 5.78. The van der Waals surface area contributed by atoms with Crippen LogP contribution in [-0.4, -0.2) is 27.0 Å². The van der Waals surface area contributed by atoms with E-state index in [1.54, 1.807) is 10.9 Å². The van der Waals surface area contributed by atoms with Gasteiger partial charge < -0.3 is 10.5 Å². The minimum Gasteiger partial charge on any atom is -0.383 e. The van der Waals surface area contributed by atoms with Crippen LogP contribution >= 0.6 is 0 Å². The van der Waals surface area contributed by atoms with Crippen molar-refractivity contribution in [2.45, 2.75) is 58.0 Å². The van der Waals surface area contributed by atoms with Gasteiger partial charge in [-0.3, -0.25) is 4.68 Å². The van der Waals surface area contributed by atoms with Crippen LogP contribution < -0.4 is 5.73 Å². The molecule has 0 unspecified atom stereocenters. The highest BCUT2D eigenvalue weighted by atomic mass is 16.5. The molecule has 0 aromatic carbocycles. The van der Waals surface area contributed by atoms with Gasteiger partial charge >= 0.3 is 0 Å². The van der Waals surface area contributed by atoms with Crippen molar-refractivity contribution in [3.05, 3.63) is 29.2 Å². The molecule has 138 valence electrons. The molecule has 6 heteroatoms. The molecular weight excluding hydrogens is 326 g/mol. The van der Waals surface area contributed by atoms with Crippen LogP contribution in [-0.2, 0) is 18.2 Å². The van der Waals surface area contributed by atoms with E-state index < -0.39 is 0 Å². The van der Waals surface area contributed by atoms with Gasteiger partial charge in [0, 0.05) is 42.6 Å². The van der Waals surface area contributed by atoms with Crippen LogP contribution in [0.5, 0.6) is 0 Å². The molecule has 0 saturated carbocycles. The minimum absolute atomic E-state index is 0.175. The first-order valence-corrected chi connectivity index (χ1v) is 9.21. The maximum atomic E-state index is 9.73. The Labute approximate surface area is 155 Å². The molecule has 0 bridgehead atoms. The number of nitrogen functional groups attached to an aromatic ring is 1. The van der Waals surface area contributed by atoms with Crippen LogP contribution in [0.3, 0.4) is 0 Å². The van der Waals surface area contributed by atoms with E-state index in [4.69, 9.17) is 15.5 Å². The molecule has 0 aliphatic carbocycles. The van der Waals surface area contributed by atoms with E-state index in [1.807, 2.05) is 13.2 Å². The SMILES string of the molecule is CCCc1c([C@H]2CCOC(C)(C)C2)nc(N)c(C#N)c1-c1cnn(C)c1. The van der Waals surface area contributed by atoms with E-state index in [0.717, 1.165) is 48.1 Å². The summed E-state index contributed by atoms with van der Waals surface area (Å²) >= 11 is 0. The third kappa shape index (κ3) is 3.45. The zero-order valence-electron chi connectivity index (χ0n) is 16.0. The van der Waals surface area contributed by atoms with Crippen molar-refractivity contribution < 1.29 is 4.74 Å². The van der Waals surface area contributed by atoms with Gasteiger partial charge in [-0.2, -0.15) is 10.4 Å². The largest absolute Gasteiger partial charge is 0.383 e. The average Bonchev–Trinajstić information content (AvgIpc) is 3.01. The Morgan fingerprint density at radius 1 is 1.46 bits per heavy atom. The standard InChI is InChI=1S/C20H27N5O/c1-5-6-15-17(14-11-23-25(4)12-14)16(10-21)19(22)24-18(15)13-7-8-26-20(2,3)9-13/h11-13H,5-9H2,1-4H3,(H2,22,24)/t13-/m0/s1. The molecule has 1 aliphatic heterocycles. The first kappa shape index (κ1) is 18.4. The van der Waals surface area contributed by atoms with Gasteiger partial charge in [-0.05, 0) is 38.7 Å². The Hall–Kier alpha value is -2.39. The number of hydrogen-bond acceptors (Lipinski definition) is 5. The number of aromatic nitrogens is 3. The fourth-order valence-electron chi connectivity index (χ4n) is 3.95. The van der Waals surface area contributed by atoms with E-state index in [9.17, 15) is 5.26 Å². The Morgan fingerprint density at radius 2 is 2.23 bits per heavy atom. The van der Waals surface area contributed by atoms with Crippen LogP contribution in [0.15, 0.2) is 12.4 Å². The summed E-state index contributed by atoms with van der Waals surface area (Å²) in [5.74, 6) is 0.594. The number of nitrogens with two attached hydrogens (primary N) is 1. The molecule has 0 radical (unpaired) electrons. The van der Waals surface area contributed by atoms with Gasteiger partial charge in [0.15, 0.2) is 0 Å². The number of nitriles is 1. The normalized spacial score (nSPS) is 19.3. The second kappa shape index (κ2) is 7.08. The molecule has 1 fully saturated rings. The maximum Gasteiger partial charge on any atom is 0.142 e. The van der Waals surface area contributed by atoms with Crippen molar-refractivity contribution >= 4 is 5.82 Å². The first-order chi connectivity index (χ1) is 12.4. The molecule has 3 heterocycles. The maximum absolute atomic E-state index is 9.73. The van der Waals surface area contributed by atoms with Crippen LogP contribution in [0.2, 0.25) is 0 Å². The molecule has 1 atom stereocenters. The smallest absolute Gasteiger partial charge is 0.142 e. The Bertz CT molecular complexity index is 847. The van der Waals surface area contributed by atoms with Gasteiger partial charge in [0.05, 0.1) is 11.8 Å². The molecular formula is C20H27N5O. The lowest BCUT2D eigenvalue weighted by atomic mass is 9.81. The molecule has 26 heavy (non-hydrogen) atoms. The first-order valence-electron chi connectivity index (χ1n) is 9.21. The fraction of sp³-hybridized carbons (Fsp3) is 0.550. The average molecular weight is 353 g/mol. The molecule has 0 spiro atoms. The van der Waals surface area contributed by atoms with Crippen molar-refractivity contribution in [2.75, 3.05) is 12.3 Å². The number of rotatable bonds is 4. The van der Waals surface area contributed by atoms with Crippen molar-refractivity contribution in [3.63, 3.8) is 0 Å². The van der Waals surface area contributed by atoms with E-state index in [1.165, 1.54) is 0 Å². The Balaban J connectivity index is 2.22. The third-order valence-corrected chi connectivity index (χ3v) is 5.05. The quantitative estimate of drug-likeness (QED) is 0.907. The summed E-state index contributed by atoms with van der Waals surface area (Å²) in [5, 5.41) is 14.0. The van der Waals surface area contributed by atoms with Gasteiger partial charge in [0.2, 0.25) is 0 Å². The second-order valence-corrected chi connectivity index (χ2v) is 7.67. The predicted octanol–water partition coefficient (Wildman–Crippen LogP) is 3.56. The lowest BCUT2D eigenvalue weighted by Gasteiger charge is -2.36. The molecule has 3 rings (SSSR count). The molecule has 2 aromatic rings. The van der Waals surface area contributed by atoms with E-state index >= 15 is 0 Å². The molecule has 1 aliphatic rings. The van der Waals surface area contributed by atoms with Crippen molar-refractivity contribution in [3.8, 4) is 17.2 Å². The summed E-state index contributed by atoms with van der Waals surface area (Å²) in [4.78, 5) is 4.72. The van der Waals surface area contributed by atoms with Gasteiger partial charge in [-0.15, -0.1) is 0 Å². The lowest BCUT2D eigenvalue weighted by Crippen LogP contribution is -2.33. The Morgan fingerprint density at radius 3 is 2.81 bits per heavy atom. The number of anilines is 1. The highest BCUT2D eigenvalue weighted by Gasteiger charge is 2.33. The fourth-order valence-corrected chi connectivity index (χ4v) is 3.95. The molecule has 2 aromatic heterocycles. The molecule has 1 saturated heterocycles. The summed E-state index contributed by atoms with van der Waals surface area (Å²) in [5.41, 5.74) is 10.5. The predicted molar refractivity (Wildman–Crippen MR) is 102 cm³/mol. The van der Waals surface area contributed by atoms with Crippen molar-refractivity contribution in [2.24, 2.45) is 7.05 Å². The summed E-state index contributed by atoms with van der Waals surface area (Å²) < 4.78 is 7.64. The lowest BCUT2D eigenvalue weighted by molar-refractivity contribution is -0.0598. The monoisotopic (exact) mass is 353 g/mol. The summed E-state index contributed by atoms with van der Waals surface area (Å²) in [6.45, 7) is 7.10. The summed E-state index contributed by atoms with van der Waals surface area (Å²) in [6.07, 6.45) is 7.39. The van der Waals surface area contributed by atoms with E-state index in [-0.39, 0.29) is 11.5 Å². The zero-order valence-corrected chi connectivity index (χ0v) is 16.0. The molecule has 6 nitrogen and oxygen atoms in total. The number of aryl methyl sites for hydroxylation is 1. The van der Waals surface area contributed by atoms with Crippen LogP contribution in [0.25, 0.3) is 11.1 Å². The number of pyridine rings is 1. The Kier molecular flexibility index (Phi) is 5.01. The highest BCUT2D eigenvalue weighted by Crippen LogP contribution is 2.41. The van der Waals surface area contributed by atoms with Crippen LogP contribution in [0, 0.1) is 11.3 Å². The van der Waals surface area contributed by atoms with Crippen LogP contribution in [0.4, 0.5) is 5.82 Å². The summed E-state index contributed by atoms with van der Waals surface area (Å²) in [7, 11) is 1.88. The van der Waals surface area contributed by atoms with Gasteiger partial charge in [0.25, 0.3) is 0 Å². The number of nitrogens with zero attached hydrogens (tertiary/aromatic N) is 4. The van der Waals surface area contributed by atoms with Gasteiger partial charge in [-0.1, -0.05) is 13.3 Å². The van der Waals surface area contributed by atoms with Crippen molar-refractivity contribution in [1.29, 1.82) is 5.26 Å². The van der Waals surface area contributed by atoms with E-state index in [2.05, 4.69) is 31.9 Å². The summed E-state index contributed by atoms with van der Waals surface area (Å²) in [6, 6.07) is 2.27. The van der Waals surface area contributed by atoms with Crippen molar-refractivity contribution in [1.82, 2.24) is 14.8 Å². The second-order valence-electron chi connectivity index (χ2n) is 7.67. The third-order valence-electron chi connectivity index (χ3n) is 5.05.